The number of carboxylic acid groups (broad SMARTS) is 1. The third-order valence-electron chi connectivity index (χ3n) is 3.34. The highest BCUT2D eigenvalue weighted by Gasteiger charge is 2.35. The summed E-state index contributed by atoms with van der Waals surface area (Å²) in [7, 11) is 1.80. The number of carbonyl (C=O) groups excluding carboxylic acids is 1. The Bertz CT molecular complexity index is 523. The van der Waals surface area contributed by atoms with E-state index >= 15 is 0 Å². The largest absolute Gasteiger partial charge is 0.479 e. The van der Waals surface area contributed by atoms with Crippen molar-refractivity contribution in [3.05, 3.63) is 11.4 Å². The minimum Gasteiger partial charge on any atom is -0.479 e. The number of nitrogens with zero attached hydrogens (tertiary/aromatic N) is 2. The quantitative estimate of drug-likeness (QED) is 0.836. The molecule has 1 saturated heterocycles. The van der Waals surface area contributed by atoms with Crippen molar-refractivity contribution >= 4 is 17.6 Å². The zero-order valence-electron chi connectivity index (χ0n) is 11.1. The van der Waals surface area contributed by atoms with Crippen molar-refractivity contribution in [1.82, 2.24) is 9.78 Å². The van der Waals surface area contributed by atoms with Gasteiger partial charge in [0.15, 0.2) is 6.10 Å². The lowest BCUT2D eigenvalue weighted by atomic mass is 10.2. The van der Waals surface area contributed by atoms with E-state index in [0.29, 0.717) is 18.5 Å². The second-order valence-corrected chi connectivity index (χ2v) is 4.69. The average molecular weight is 267 g/mol. The number of anilines is 1. The molecular weight excluding hydrogens is 250 g/mol. The van der Waals surface area contributed by atoms with E-state index in [1.165, 1.54) is 0 Å². The first-order valence-corrected chi connectivity index (χ1v) is 6.09. The third-order valence-corrected chi connectivity index (χ3v) is 3.34. The maximum atomic E-state index is 12.0. The topological polar surface area (TPSA) is 93.5 Å². The monoisotopic (exact) mass is 267 g/mol. The maximum Gasteiger partial charge on any atom is 0.332 e. The van der Waals surface area contributed by atoms with Gasteiger partial charge >= 0.3 is 5.97 Å². The van der Waals surface area contributed by atoms with E-state index in [-0.39, 0.29) is 5.91 Å². The first kappa shape index (κ1) is 13.5. The van der Waals surface area contributed by atoms with Crippen molar-refractivity contribution in [3.8, 4) is 0 Å². The molecule has 2 N–H and O–H groups in total. The summed E-state index contributed by atoms with van der Waals surface area (Å²) in [5.41, 5.74) is 2.23. The van der Waals surface area contributed by atoms with Crippen molar-refractivity contribution in [3.63, 3.8) is 0 Å². The van der Waals surface area contributed by atoms with Crippen molar-refractivity contribution in [1.29, 1.82) is 0 Å². The lowest BCUT2D eigenvalue weighted by Crippen LogP contribution is -2.30. The Balaban J connectivity index is 2.04. The van der Waals surface area contributed by atoms with Gasteiger partial charge < -0.3 is 15.2 Å². The van der Waals surface area contributed by atoms with Crippen LogP contribution in [0.3, 0.4) is 0 Å². The van der Waals surface area contributed by atoms with Gasteiger partial charge in [0.05, 0.1) is 17.1 Å². The summed E-state index contributed by atoms with van der Waals surface area (Å²) in [6.07, 6.45) is -0.813. The third kappa shape index (κ3) is 2.60. The number of aryl methyl sites for hydroxylation is 2. The molecule has 2 heterocycles. The van der Waals surface area contributed by atoms with Gasteiger partial charge in [0, 0.05) is 7.05 Å². The van der Waals surface area contributed by atoms with Crippen LogP contribution in [0.5, 0.6) is 0 Å². The van der Waals surface area contributed by atoms with Crippen LogP contribution < -0.4 is 5.32 Å². The van der Waals surface area contributed by atoms with E-state index < -0.39 is 18.2 Å². The van der Waals surface area contributed by atoms with Gasteiger partial charge in [0.2, 0.25) is 0 Å². The highest BCUT2D eigenvalue weighted by Crippen LogP contribution is 2.23. The van der Waals surface area contributed by atoms with Crippen LogP contribution in [-0.2, 0) is 21.4 Å². The van der Waals surface area contributed by atoms with E-state index in [4.69, 9.17) is 9.84 Å². The molecule has 0 spiro atoms. The van der Waals surface area contributed by atoms with Gasteiger partial charge in [-0.15, -0.1) is 0 Å². The number of nitrogens with one attached hydrogen (secondary N) is 1. The molecule has 7 nitrogen and oxygen atoms in total. The fourth-order valence-electron chi connectivity index (χ4n) is 2.17. The Labute approximate surface area is 110 Å². The highest BCUT2D eigenvalue weighted by molar-refractivity contribution is 5.95. The first-order chi connectivity index (χ1) is 8.90. The molecule has 1 fully saturated rings. The summed E-state index contributed by atoms with van der Waals surface area (Å²) in [4.78, 5) is 22.8. The fourth-order valence-corrected chi connectivity index (χ4v) is 2.17. The van der Waals surface area contributed by atoms with Crippen LogP contribution in [0.1, 0.15) is 24.2 Å². The number of rotatable bonds is 3. The summed E-state index contributed by atoms with van der Waals surface area (Å²) >= 11 is 0. The molecule has 0 saturated carbocycles. The molecule has 0 aromatic carbocycles. The van der Waals surface area contributed by atoms with Crippen LogP contribution in [0.4, 0.5) is 5.69 Å². The molecule has 7 heteroatoms. The number of aliphatic carboxylic acids is 1. The van der Waals surface area contributed by atoms with Gasteiger partial charge in [0.25, 0.3) is 5.91 Å². The van der Waals surface area contributed by atoms with Crippen molar-refractivity contribution in [2.45, 2.75) is 38.9 Å². The molecule has 1 aliphatic heterocycles. The average Bonchev–Trinajstić information content (AvgIpc) is 2.91. The zero-order chi connectivity index (χ0) is 14.2. The number of hydrogen-bond acceptors (Lipinski definition) is 4. The second-order valence-electron chi connectivity index (χ2n) is 4.69. The highest BCUT2D eigenvalue weighted by atomic mass is 16.5. The van der Waals surface area contributed by atoms with Crippen LogP contribution in [0.2, 0.25) is 0 Å². The Hall–Kier alpha value is -1.89. The lowest BCUT2D eigenvalue weighted by molar-refractivity contribution is -0.150. The summed E-state index contributed by atoms with van der Waals surface area (Å²) in [6.45, 7) is 3.66. The van der Waals surface area contributed by atoms with Gasteiger partial charge in [-0.25, -0.2) is 4.79 Å². The summed E-state index contributed by atoms with van der Waals surface area (Å²) in [6, 6.07) is 0. The molecule has 1 aromatic heterocycles. The molecular formula is C12H17N3O4. The minimum absolute atomic E-state index is 0.317. The minimum atomic E-state index is -1.02. The van der Waals surface area contributed by atoms with E-state index in [1.807, 2.05) is 6.92 Å². The van der Waals surface area contributed by atoms with E-state index in [1.54, 1.807) is 18.7 Å². The molecule has 0 unspecified atom stereocenters. The first-order valence-electron chi connectivity index (χ1n) is 6.09. The lowest BCUT2D eigenvalue weighted by Gasteiger charge is -2.12. The zero-order valence-corrected chi connectivity index (χ0v) is 11.1. The molecule has 2 atom stereocenters. The summed E-state index contributed by atoms with van der Waals surface area (Å²) in [5.74, 6) is -1.34. The van der Waals surface area contributed by atoms with Gasteiger partial charge in [-0.05, 0) is 26.7 Å². The van der Waals surface area contributed by atoms with Crippen LogP contribution in [0.15, 0.2) is 0 Å². The standard InChI is InChI=1S/C12H17N3O4/c1-6-10(7(2)15(3)14-6)13-11(16)8-4-5-9(19-8)12(17)18/h8-9H,4-5H2,1-3H3,(H,13,16)(H,17,18)/t8-,9+/m0/s1. The van der Waals surface area contributed by atoms with Gasteiger partial charge in [0.1, 0.15) is 6.10 Å². The molecule has 19 heavy (non-hydrogen) atoms. The van der Waals surface area contributed by atoms with Gasteiger partial charge in [-0.2, -0.15) is 5.10 Å². The fraction of sp³-hybridized carbons (Fsp3) is 0.583. The Morgan fingerprint density at radius 2 is 2.00 bits per heavy atom. The SMILES string of the molecule is Cc1nn(C)c(C)c1NC(=O)[C@@H]1CC[C@H](C(=O)O)O1. The number of carbonyl (C=O) groups is 2. The van der Waals surface area contributed by atoms with Crippen LogP contribution in [-0.4, -0.2) is 39.0 Å². The predicted octanol–water partition coefficient (Wildman–Crippen LogP) is 0.608. The molecule has 1 amide bonds. The summed E-state index contributed by atoms with van der Waals surface area (Å²) in [5, 5.41) is 15.8. The summed E-state index contributed by atoms with van der Waals surface area (Å²) < 4.78 is 6.89. The van der Waals surface area contributed by atoms with E-state index in [9.17, 15) is 9.59 Å². The van der Waals surface area contributed by atoms with Crippen LogP contribution >= 0.6 is 0 Å². The van der Waals surface area contributed by atoms with E-state index in [0.717, 1.165) is 11.4 Å². The normalized spacial score (nSPS) is 22.5. The number of aromatic nitrogens is 2. The van der Waals surface area contributed by atoms with Crippen molar-refractivity contribution < 1.29 is 19.4 Å². The van der Waals surface area contributed by atoms with Gasteiger partial charge in [-0.3, -0.25) is 9.48 Å². The van der Waals surface area contributed by atoms with Crippen LogP contribution in [0.25, 0.3) is 0 Å². The molecule has 2 rings (SSSR count). The maximum absolute atomic E-state index is 12.0. The second kappa shape index (κ2) is 5.00. The van der Waals surface area contributed by atoms with Crippen molar-refractivity contribution in [2.24, 2.45) is 7.05 Å². The molecule has 104 valence electrons. The number of carboxylic acids is 1. The van der Waals surface area contributed by atoms with Gasteiger partial charge in [-0.1, -0.05) is 0 Å². The smallest absolute Gasteiger partial charge is 0.332 e. The number of hydrogen-bond donors (Lipinski definition) is 2. The Morgan fingerprint density at radius 1 is 1.37 bits per heavy atom. The molecule has 0 bridgehead atoms. The molecule has 1 aliphatic rings. The Kier molecular flexibility index (Phi) is 3.57. The Morgan fingerprint density at radius 3 is 2.47 bits per heavy atom. The van der Waals surface area contributed by atoms with Crippen LogP contribution in [0, 0.1) is 13.8 Å². The molecule has 0 radical (unpaired) electrons. The number of ether oxygens (including phenoxy) is 1. The molecule has 1 aromatic rings. The van der Waals surface area contributed by atoms with Crippen molar-refractivity contribution in [2.75, 3.05) is 5.32 Å². The predicted molar refractivity (Wildman–Crippen MR) is 66.8 cm³/mol. The molecule has 0 aliphatic carbocycles. The van der Waals surface area contributed by atoms with E-state index in [2.05, 4.69) is 10.4 Å². The number of amides is 1.